The highest BCUT2D eigenvalue weighted by atomic mass is 35.5. The molecule has 0 unspecified atom stereocenters. The van der Waals surface area contributed by atoms with Crippen LogP contribution in [0.5, 0.6) is 11.6 Å². The minimum atomic E-state index is 0. The van der Waals surface area contributed by atoms with Gasteiger partial charge < -0.3 is 14.8 Å². The molecule has 0 radical (unpaired) electrons. The third kappa shape index (κ3) is 7.46. The lowest BCUT2D eigenvalue weighted by molar-refractivity contribution is 0.154. The van der Waals surface area contributed by atoms with Gasteiger partial charge in [-0.3, -0.25) is 0 Å². The number of nitriles is 1. The third-order valence-electron chi connectivity index (χ3n) is 6.45. The summed E-state index contributed by atoms with van der Waals surface area (Å²) < 4.78 is 12.4. The number of rotatable bonds is 8. The Morgan fingerprint density at radius 1 is 0.971 bits per heavy atom. The minimum Gasteiger partial charge on any atom is -0.489 e. The van der Waals surface area contributed by atoms with Crippen LogP contribution in [0.25, 0.3) is 11.1 Å². The zero-order valence-electron chi connectivity index (χ0n) is 19.9. The van der Waals surface area contributed by atoms with Gasteiger partial charge in [-0.25, -0.2) is 0 Å². The van der Waals surface area contributed by atoms with Gasteiger partial charge in [-0.2, -0.15) is 10.4 Å². The molecule has 8 heteroatoms. The Hall–Kier alpha value is -2.07. The van der Waals surface area contributed by atoms with Crippen molar-refractivity contribution in [3.05, 3.63) is 35.5 Å². The van der Waals surface area contributed by atoms with Crippen LogP contribution in [0, 0.1) is 11.3 Å². The summed E-state index contributed by atoms with van der Waals surface area (Å²) in [4.78, 5) is 0. The van der Waals surface area contributed by atoms with Crippen molar-refractivity contribution in [3.8, 4) is 28.8 Å². The van der Waals surface area contributed by atoms with E-state index >= 15 is 0 Å². The molecule has 1 aromatic carbocycles. The van der Waals surface area contributed by atoms with Crippen LogP contribution in [0.1, 0.15) is 76.0 Å². The number of halogens is 2. The molecule has 1 aliphatic carbocycles. The molecule has 1 aliphatic heterocycles. The summed E-state index contributed by atoms with van der Waals surface area (Å²) in [7, 11) is 0. The Kier molecular flexibility index (Phi) is 11.9. The van der Waals surface area contributed by atoms with Gasteiger partial charge in [-0.15, -0.1) is 29.9 Å². The van der Waals surface area contributed by atoms with Gasteiger partial charge in [0.2, 0.25) is 5.88 Å². The number of hydrogen-bond donors (Lipinski definition) is 1. The Balaban J connectivity index is 0.00000204. The summed E-state index contributed by atoms with van der Waals surface area (Å²) in [6.45, 7) is 4.11. The molecule has 0 bridgehead atoms. The molecule has 1 N–H and O–H groups in total. The molecule has 6 nitrogen and oxygen atoms in total. The van der Waals surface area contributed by atoms with E-state index in [0.717, 1.165) is 74.9 Å². The summed E-state index contributed by atoms with van der Waals surface area (Å²) in [6.07, 6.45) is 11.1. The lowest BCUT2D eigenvalue weighted by atomic mass is 9.97. The standard InChI is InChI=1S/C26H34N4O2.2ClH/c1-2-3-9-24-23(17-26(30-29-24)32-22-12-14-28-15-13-22)19-10-11-25(20(16-19)18-27)31-21-7-5-4-6-8-21;;/h10-11,16-17,21-22,28H,2-9,12-15H2,1H3;2*1H. The normalized spacial score (nSPS) is 16.6. The number of nitrogens with one attached hydrogen (secondary N) is 1. The molecule has 2 fully saturated rings. The van der Waals surface area contributed by atoms with Crippen LogP contribution < -0.4 is 14.8 Å². The molecule has 0 atom stereocenters. The molecule has 34 heavy (non-hydrogen) atoms. The fraction of sp³-hybridized carbons (Fsp3) is 0.577. The molecule has 2 aromatic rings. The van der Waals surface area contributed by atoms with Crippen LogP contribution in [-0.4, -0.2) is 35.5 Å². The van der Waals surface area contributed by atoms with Crippen molar-refractivity contribution in [2.24, 2.45) is 0 Å². The van der Waals surface area contributed by atoms with Gasteiger partial charge in [-0.1, -0.05) is 25.8 Å². The largest absolute Gasteiger partial charge is 0.489 e. The van der Waals surface area contributed by atoms with Gasteiger partial charge in [0.25, 0.3) is 0 Å². The number of hydrogen-bond acceptors (Lipinski definition) is 6. The topological polar surface area (TPSA) is 80.1 Å². The molecule has 0 spiro atoms. The minimum absolute atomic E-state index is 0. The lowest BCUT2D eigenvalue weighted by Gasteiger charge is -2.24. The van der Waals surface area contributed by atoms with Crippen LogP contribution in [0.3, 0.4) is 0 Å². The molecular formula is C26H36Cl2N4O2. The quantitative estimate of drug-likeness (QED) is 0.469. The molecule has 2 aliphatic rings. The highest BCUT2D eigenvalue weighted by molar-refractivity contribution is 5.85. The van der Waals surface area contributed by atoms with E-state index in [2.05, 4.69) is 28.5 Å². The van der Waals surface area contributed by atoms with Gasteiger partial charge in [-0.05, 0) is 82.2 Å². The molecule has 1 saturated carbocycles. The van der Waals surface area contributed by atoms with Gasteiger partial charge in [0, 0.05) is 11.6 Å². The monoisotopic (exact) mass is 506 g/mol. The van der Waals surface area contributed by atoms with Crippen molar-refractivity contribution < 1.29 is 9.47 Å². The van der Waals surface area contributed by atoms with Gasteiger partial charge in [0.05, 0.1) is 17.4 Å². The van der Waals surface area contributed by atoms with Crippen molar-refractivity contribution in [3.63, 3.8) is 0 Å². The zero-order chi connectivity index (χ0) is 22.2. The Morgan fingerprint density at radius 3 is 2.41 bits per heavy atom. The van der Waals surface area contributed by atoms with Crippen molar-refractivity contribution >= 4 is 24.8 Å². The second kappa shape index (κ2) is 14.4. The predicted octanol–water partition coefficient (Wildman–Crippen LogP) is 6.04. The van der Waals surface area contributed by atoms with Crippen LogP contribution >= 0.6 is 24.8 Å². The van der Waals surface area contributed by atoms with Gasteiger partial charge in [0.1, 0.15) is 17.9 Å². The van der Waals surface area contributed by atoms with E-state index < -0.39 is 0 Å². The van der Waals surface area contributed by atoms with Crippen LogP contribution in [0.15, 0.2) is 24.3 Å². The number of benzene rings is 1. The maximum absolute atomic E-state index is 9.81. The highest BCUT2D eigenvalue weighted by Crippen LogP contribution is 2.32. The summed E-state index contributed by atoms with van der Waals surface area (Å²) in [5, 5.41) is 22.1. The number of nitrogens with zero attached hydrogens (tertiary/aromatic N) is 3. The van der Waals surface area contributed by atoms with Crippen molar-refractivity contribution in [2.75, 3.05) is 13.1 Å². The lowest BCUT2D eigenvalue weighted by Crippen LogP contribution is -2.34. The van der Waals surface area contributed by atoms with Crippen molar-refractivity contribution in [1.29, 1.82) is 5.26 Å². The number of unbranched alkanes of at least 4 members (excludes halogenated alkanes) is 1. The van der Waals surface area contributed by atoms with E-state index in [1.807, 2.05) is 24.3 Å². The number of piperidine rings is 1. The first-order valence-corrected chi connectivity index (χ1v) is 12.2. The van der Waals surface area contributed by atoms with Crippen molar-refractivity contribution in [1.82, 2.24) is 15.5 Å². The first-order chi connectivity index (χ1) is 15.8. The van der Waals surface area contributed by atoms with Gasteiger partial charge in [0.15, 0.2) is 0 Å². The molecule has 2 heterocycles. The predicted molar refractivity (Wildman–Crippen MR) is 139 cm³/mol. The first kappa shape index (κ1) is 28.2. The maximum Gasteiger partial charge on any atom is 0.234 e. The number of ether oxygens (including phenoxy) is 2. The SMILES string of the molecule is CCCCc1nnc(OC2CCNCC2)cc1-c1ccc(OC2CCCCC2)c(C#N)c1.Cl.Cl. The molecule has 0 amide bonds. The first-order valence-electron chi connectivity index (χ1n) is 12.2. The van der Waals surface area contributed by atoms with Crippen LogP contribution in [-0.2, 0) is 6.42 Å². The summed E-state index contributed by atoms with van der Waals surface area (Å²) >= 11 is 0. The molecular weight excluding hydrogens is 471 g/mol. The fourth-order valence-electron chi connectivity index (χ4n) is 4.57. The smallest absolute Gasteiger partial charge is 0.234 e. The summed E-state index contributed by atoms with van der Waals surface area (Å²) in [6, 6.07) is 10.3. The summed E-state index contributed by atoms with van der Waals surface area (Å²) in [5.74, 6) is 1.25. The van der Waals surface area contributed by atoms with Crippen LogP contribution in [0.4, 0.5) is 0 Å². The number of aryl methyl sites for hydroxylation is 1. The average molecular weight is 508 g/mol. The molecule has 186 valence electrons. The Labute approximate surface area is 215 Å². The van der Waals surface area contributed by atoms with Crippen LogP contribution in [0.2, 0.25) is 0 Å². The molecule has 1 saturated heterocycles. The Morgan fingerprint density at radius 2 is 1.71 bits per heavy atom. The van der Waals surface area contributed by atoms with E-state index in [-0.39, 0.29) is 37.0 Å². The van der Waals surface area contributed by atoms with E-state index in [4.69, 9.17) is 9.47 Å². The zero-order valence-corrected chi connectivity index (χ0v) is 21.6. The fourth-order valence-corrected chi connectivity index (χ4v) is 4.57. The second-order valence-corrected chi connectivity index (χ2v) is 8.91. The average Bonchev–Trinajstić information content (AvgIpc) is 2.85. The second-order valence-electron chi connectivity index (χ2n) is 8.91. The highest BCUT2D eigenvalue weighted by Gasteiger charge is 2.20. The Bertz CT molecular complexity index is 939. The van der Waals surface area contributed by atoms with E-state index in [1.165, 1.54) is 19.3 Å². The third-order valence-corrected chi connectivity index (χ3v) is 6.45. The van der Waals surface area contributed by atoms with Gasteiger partial charge >= 0.3 is 0 Å². The molecule has 4 rings (SSSR count). The van der Waals surface area contributed by atoms with E-state index in [0.29, 0.717) is 17.2 Å². The van der Waals surface area contributed by atoms with Crippen molar-refractivity contribution in [2.45, 2.75) is 83.3 Å². The van der Waals surface area contributed by atoms with E-state index in [1.54, 1.807) is 0 Å². The van der Waals surface area contributed by atoms with E-state index in [9.17, 15) is 5.26 Å². The maximum atomic E-state index is 9.81. The molecule has 1 aromatic heterocycles. The summed E-state index contributed by atoms with van der Waals surface area (Å²) in [5.41, 5.74) is 3.49. The number of aromatic nitrogens is 2.